The number of carbonyl (C=O) groups excluding carboxylic acids is 1. The fourth-order valence-corrected chi connectivity index (χ4v) is 0.549. The summed E-state index contributed by atoms with van der Waals surface area (Å²) in [7, 11) is 0. The van der Waals surface area contributed by atoms with Gasteiger partial charge in [-0.2, -0.15) is 4.98 Å². The third-order valence-electron chi connectivity index (χ3n) is 0.513. The molecule has 1 rings (SSSR count). The fraction of sp³-hybridized carbons (Fsp3) is 0. The van der Waals surface area contributed by atoms with E-state index in [4.69, 9.17) is 33.4 Å². The van der Waals surface area contributed by atoms with Crippen LogP contribution in [0.1, 0.15) is 0 Å². The summed E-state index contributed by atoms with van der Waals surface area (Å²) in [4.78, 5) is 18.7. The van der Waals surface area contributed by atoms with Gasteiger partial charge < -0.3 is 5.41 Å². The maximum atomic E-state index is 8.24. The lowest BCUT2D eigenvalue weighted by Crippen LogP contribution is -1.83. The minimum absolute atomic E-state index is 0.116. The lowest BCUT2D eigenvalue weighted by atomic mass is 11.1. The Labute approximate surface area is 71.9 Å². The van der Waals surface area contributed by atoms with Gasteiger partial charge in [0.15, 0.2) is 0 Å². The second kappa shape index (κ2) is 5.73. The van der Waals surface area contributed by atoms with Crippen LogP contribution in [0.3, 0.4) is 0 Å². The van der Waals surface area contributed by atoms with Crippen LogP contribution in [-0.4, -0.2) is 21.0 Å². The van der Waals surface area contributed by atoms with Gasteiger partial charge in [-0.05, 0) is 29.3 Å². The Morgan fingerprint density at radius 3 is 1.91 bits per heavy atom. The van der Waals surface area contributed by atoms with Crippen molar-refractivity contribution < 1.29 is 4.79 Å². The molecular weight excluding hydrogens is 191 g/mol. The first kappa shape index (κ1) is 9.97. The molecule has 0 spiro atoms. The first-order valence-corrected chi connectivity index (χ1v) is 2.97. The number of nitrogens with zero attached hydrogens (tertiary/aromatic N) is 4. The Morgan fingerprint density at radius 1 is 1.36 bits per heavy atom. The van der Waals surface area contributed by atoms with Gasteiger partial charge in [0.05, 0.1) is 0 Å². The molecule has 0 saturated heterocycles. The van der Waals surface area contributed by atoms with Crippen molar-refractivity contribution in [3.8, 4) is 0 Å². The topological polar surface area (TPSA) is 78.0 Å². The third-order valence-corrected chi connectivity index (χ3v) is 0.877. The summed E-state index contributed by atoms with van der Waals surface area (Å²) in [5, 5.41) is 7.00. The minimum Gasteiger partial charge on any atom is -0.724 e. The Kier molecular flexibility index (Phi) is 5.20. The van der Waals surface area contributed by atoms with Crippen LogP contribution < -0.4 is 0 Å². The Balaban J connectivity index is 0.000000292. The zero-order valence-electron chi connectivity index (χ0n) is 5.03. The van der Waals surface area contributed by atoms with Crippen molar-refractivity contribution in [1.29, 1.82) is 0 Å². The highest BCUT2D eigenvalue weighted by Gasteiger charge is 1.89. The quantitative estimate of drug-likeness (QED) is 0.454. The number of aromatic nitrogens is 3. The third kappa shape index (κ3) is 5.42. The van der Waals surface area contributed by atoms with Crippen molar-refractivity contribution >= 4 is 29.3 Å². The Morgan fingerprint density at radius 2 is 1.73 bits per heavy atom. The van der Waals surface area contributed by atoms with Crippen LogP contribution in [0.4, 0.5) is 0 Å². The lowest BCUT2D eigenvalue weighted by Gasteiger charge is -1.84. The second-order valence-electron chi connectivity index (χ2n) is 1.11. The SMILES string of the molecule is Clc1ncnc(Cl)n1.[N-]=C=O. The second-order valence-corrected chi connectivity index (χ2v) is 1.79. The molecule has 0 radical (unpaired) electrons. The van der Waals surface area contributed by atoms with Crippen molar-refractivity contribution in [2.45, 2.75) is 0 Å². The molecule has 0 atom stereocenters. The molecule has 0 N–H and O–H groups in total. The molecule has 0 fully saturated rings. The van der Waals surface area contributed by atoms with Gasteiger partial charge in [-0.25, -0.2) is 9.97 Å². The van der Waals surface area contributed by atoms with Crippen molar-refractivity contribution in [1.82, 2.24) is 15.0 Å². The van der Waals surface area contributed by atoms with Crippen LogP contribution in [0.25, 0.3) is 5.41 Å². The highest BCUT2D eigenvalue weighted by Crippen LogP contribution is 2.00. The maximum absolute atomic E-state index is 8.24. The molecule has 0 amide bonds. The molecule has 1 heterocycles. The molecular formula is C4HCl2N4O-. The van der Waals surface area contributed by atoms with Gasteiger partial charge in [0.1, 0.15) is 6.33 Å². The molecule has 58 valence electrons. The van der Waals surface area contributed by atoms with Gasteiger partial charge in [0.2, 0.25) is 10.6 Å². The van der Waals surface area contributed by atoms with Gasteiger partial charge >= 0.3 is 0 Å². The normalized spacial score (nSPS) is 7.45. The fourth-order valence-electron chi connectivity index (χ4n) is 0.258. The minimum atomic E-state index is 0.116. The van der Waals surface area contributed by atoms with E-state index in [0.717, 1.165) is 0 Å². The van der Waals surface area contributed by atoms with Crippen molar-refractivity contribution in [2.75, 3.05) is 0 Å². The van der Waals surface area contributed by atoms with Gasteiger partial charge in [-0.3, -0.25) is 4.79 Å². The predicted molar refractivity (Wildman–Crippen MR) is 38.9 cm³/mol. The van der Waals surface area contributed by atoms with E-state index in [1.165, 1.54) is 6.33 Å². The van der Waals surface area contributed by atoms with E-state index in [-0.39, 0.29) is 10.6 Å². The number of isocyanates is 1. The van der Waals surface area contributed by atoms with Crippen LogP contribution in [0.2, 0.25) is 10.6 Å². The average molecular weight is 192 g/mol. The zero-order chi connectivity index (χ0) is 8.69. The number of halogens is 2. The molecule has 0 unspecified atom stereocenters. The summed E-state index contributed by atoms with van der Waals surface area (Å²) in [6.07, 6.45) is 1.75. The summed E-state index contributed by atoms with van der Waals surface area (Å²) in [5.74, 6) is 0. The van der Waals surface area contributed by atoms with Gasteiger partial charge in [0.25, 0.3) is 0 Å². The summed E-state index contributed by atoms with van der Waals surface area (Å²) >= 11 is 10.6. The first-order valence-electron chi connectivity index (χ1n) is 2.22. The van der Waals surface area contributed by atoms with Crippen molar-refractivity contribution in [2.24, 2.45) is 0 Å². The molecule has 5 nitrogen and oxygen atoms in total. The molecule has 0 aromatic carbocycles. The van der Waals surface area contributed by atoms with E-state index in [9.17, 15) is 0 Å². The highest BCUT2D eigenvalue weighted by atomic mass is 35.5. The molecule has 1 aromatic rings. The van der Waals surface area contributed by atoms with E-state index < -0.39 is 0 Å². The van der Waals surface area contributed by atoms with Gasteiger partial charge in [0, 0.05) is 0 Å². The number of hydrogen-bond acceptors (Lipinski definition) is 4. The maximum Gasteiger partial charge on any atom is 0.226 e. The summed E-state index contributed by atoms with van der Waals surface area (Å²) < 4.78 is 0. The van der Waals surface area contributed by atoms with E-state index in [0.29, 0.717) is 6.08 Å². The van der Waals surface area contributed by atoms with Crippen LogP contribution in [-0.2, 0) is 4.79 Å². The molecule has 0 aliphatic carbocycles. The Bertz CT molecular complexity index is 243. The molecule has 0 aliphatic rings. The number of rotatable bonds is 0. The smallest absolute Gasteiger partial charge is 0.226 e. The molecule has 0 bridgehead atoms. The molecule has 11 heavy (non-hydrogen) atoms. The largest absolute Gasteiger partial charge is 0.724 e. The van der Waals surface area contributed by atoms with Crippen LogP contribution in [0.15, 0.2) is 6.33 Å². The zero-order valence-corrected chi connectivity index (χ0v) is 6.54. The van der Waals surface area contributed by atoms with E-state index in [1.807, 2.05) is 0 Å². The summed E-state index contributed by atoms with van der Waals surface area (Å²) in [6.45, 7) is 0. The highest BCUT2D eigenvalue weighted by molar-refractivity contribution is 6.30. The van der Waals surface area contributed by atoms with Crippen molar-refractivity contribution in [3.63, 3.8) is 0 Å². The summed E-state index contributed by atoms with van der Waals surface area (Å²) in [5.41, 5.74) is 0. The number of hydrogen-bond donors (Lipinski definition) is 0. The first-order chi connectivity index (χ1) is 5.20. The standard InChI is InChI=1S/C3HCl2N3.CNO/c4-2-6-1-7-3(5)8-2;2-1-3/h1H;/q;-1. The van der Waals surface area contributed by atoms with Crippen LogP contribution in [0, 0.1) is 0 Å². The van der Waals surface area contributed by atoms with E-state index in [2.05, 4.69) is 15.0 Å². The van der Waals surface area contributed by atoms with Gasteiger partial charge in [-0.15, -0.1) is 0 Å². The molecule has 1 aromatic heterocycles. The lowest BCUT2D eigenvalue weighted by molar-refractivity contribution is 0.569. The molecule has 7 heteroatoms. The van der Waals surface area contributed by atoms with E-state index >= 15 is 0 Å². The van der Waals surface area contributed by atoms with E-state index in [1.54, 1.807) is 0 Å². The summed E-state index contributed by atoms with van der Waals surface area (Å²) in [6, 6.07) is 0. The van der Waals surface area contributed by atoms with Crippen LogP contribution >= 0.6 is 23.2 Å². The predicted octanol–water partition coefficient (Wildman–Crippen LogP) is 1.07. The van der Waals surface area contributed by atoms with Crippen molar-refractivity contribution in [3.05, 3.63) is 22.3 Å². The average Bonchev–Trinajstić information content (AvgIpc) is 1.88. The molecule has 0 saturated carbocycles. The van der Waals surface area contributed by atoms with Gasteiger partial charge in [-0.1, -0.05) is 0 Å². The Hall–Kier alpha value is -1.03. The van der Waals surface area contributed by atoms with Crippen LogP contribution in [0.5, 0.6) is 0 Å². The monoisotopic (exact) mass is 191 g/mol. The molecule has 0 aliphatic heterocycles.